The summed E-state index contributed by atoms with van der Waals surface area (Å²) in [5.41, 5.74) is 6.88. The largest absolute Gasteiger partial charge is 0.479 e. The van der Waals surface area contributed by atoms with Crippen molar-refractivity contribution in [3.05, 3.63) is 6.33 Å². The van der Waals surface area contributed by atoms with E-state index in [-0.39, 0.29) is 5.95 Å². The van der Waals surface area contributed by atoms with Crippen LogP contribution in [0.15, 0.2) is 6.33 Å². The van der Waals surface area contributed by atoms with Gasteiger partial charge in [0.15, 0.2) is 11.2 Å². The second-order valence-corrected chi connectivity index (χ2v) is 3.40. The lowest BCUT2D eigenvalue weighted by Gasteiger charge is -2.05. The van der Waals surface area contributed by atoms with Gasteiger partial charge in [-0.2, -0.15) is 9.97 Å². The lowest BCUT2D eigenvalue weighted by Crippen LogP contribution is -2.06. The van der Waals surface area contributed by atoms with Crippen LogP contribution in [0.25, 0.3) is 11.2 Å². The van der Waals surface area contributed by atoms with Gasteiger partial charge in [0, 0.05) is 13.2 Å². The fraction of sp³-hybridized carbons (Fsp3) is 0.500. The smallest absolute Gasteiger partial charge is 0.246 e. The fourth-order valence-corrected chi connectivity index (χ4v) is 1.55. The summed E-state index contributed by atoms with van der Waals surface area (Å²) in [6.07, 6.45) is 1.68. The number of rotatable bonds is 5. The first-order chi connectivity index (χ1) is 8.26. The zero-order chi connectivity index (χ0) is 12.3. The molecule has 2 heterocycles. The summed E-state index contributed by atoms with van der Waals surface area (Å²) in [6.45, 7) is 3.92. The van der Waals surface area contributed by atoms with Gasteiger partial charge in [-0.1, -0.05) is 0 Å². The number of imidazole rings is 1. The molecule has 0 radical (unpaired) electrons. The topological polar surface area (TPSA) is 88.1 Å². The van der Waals surface area contributed by atoms with Crippen molar-refractivity contribution in [1.29, 1.82) is 0 Å². The predicted molar refractivity (Wildman–Crippen MR) is 62.8 cm³/mol. The van der Waals surface area contributed by atoms with Crippen LogP contribution in [0.3, 0.4) is 0 Å². The van der Waals surface area contributed by atoms with E-state index in [4.69, 9.17) is 15.2 Å². The van der Waals surface area contributed by atoms with Crippen molar-refractivity contribution in [2.75, 3.05) is 26.1 Å². The maximum absolute atomic E-state index is 5.61. The van der Waals surface area contributed by atoms with E-state index in [1.54, 1.807) is 6.33 Å². The third kappa shape index (κ3) is 2.28. The SMILES string of the molecule is CCOCCn1cnc2c(OC)nc(N)nc21. The molecule has 0 unspecified atom stereocenters. The Labute approximate surface area is 98.6 Å². The van der Waals surface area contributed by atoms with E-state index in [1.165, 1.54) is 7.11 Å². The minimum atomic E-state index is 0.174. The molecule has 7 heteroatoms. The van der Waals surface area contributed by atoms with E-state index in [9.17, 15) is 0 Å². The average Bonchev–Trinajstić information content (AvgIpc) is 2.72. The number of nitrogens with two attached hydrogens (primary N) is 1. The number of hydrogen-bond acceptors (Lipinski definition) is 6. The number of fused-ring (bicyclic) bond motifs is 1. The Morgan fingerprint density at radius 2 is 2.24 bits per heavy atom. The minimum absolute atomic E-state index is 0.174. The number of ether oxygens (including phenoxy) is 2. The number of hydrogen-bond donors (Lipinski definition) is 1. The first-order valence-electron chi connectivity index (χ1n) is 5.36. The van der Waals surface area contributed by atoms with Gasteiger partial charge in [0.2, 0.25) is 11.8 Å². The highest BCUT2D eigenvalue weighted by Gasteiger charge is 2.12. The van der Waals surface area contributed by atoms with Gasteiger partial charge in [-0.3, -0.25) is 0 Å². The van der Waals surface area contributed by atoms with Crippen molar-refractivity contribution in [3.63, 3.8) is 0 Å². The zero-order valence-corrected chi connectivity index (χ0v) is 9.88. The Hall–Kier alpha value is -1.89. The maximum Gasteiger partial charge on any atom is 0.246 e. The molecule has 2 aromatic heterocycles. The highest BCUT2D eigenvalue weighted by atomic mass is 16.5. The summed E-state index contributed by atoms with van der Waals surface area (Å²) in [5, 5.41) is 0. The third-order valence-corrected chi connectivity index (χ3v) is 2.32. The molecule has 7 nitrogen and oxygen atoms in total. The van der Waals surface area contributed by atoms with Gasteiger partial charge >= 0.3 is 0 Å². The molecule has 2 aromatic rings. The van der Waals surface area contributed by atoms with E-state index in [0.29, 0.717) is 36.8 Å². The molecule has 0 aromatic carbocycles. The summed E-state index contributed by atoms with van der Waals surface area (Å²) in [6, 6.07) is 0. The molecule has 0 spiro atoms. The highest BCUT2D eigenvalue weighted by molar-refractivity contribution is 5.77. The molecule has 0 aliphatic carbocycles. The third-order valence-electron chi connectivity index (χ3n) is 2.32. The van der Waals surface area contributed by atoms with E-state index >= 15 is 0 Å². The van der Waals surface area contributed by atoms with Crippen LogP contribution >= 0.6 is 0 Å². The Bertz CT molecular complexity index is 511. The minimum Gasteiger partial charge on any atom is -0.479 e. The number of aromatic nitrogens is 4. The predicted octanol–water partition coefficient (Wildman–Crippen LogP) is 0.454. The van der Waals surface area contributed by atoms with E-state index in [0.717, 1.165) is 0 Å². The normalized spacial score (nSPS) is 10.9. The van der Waals surface area contributed by atoms with Gasteiger partial charge in [0.25, 0.3) is 0 Å². The Balaban J connectivity index is 2.35. The molecular formula is C10H15N5O2. The second kappa shape index (κ2) is 4.96. The summed E-state index contributed by atoms with van der Waals surface area (Å²) in [4.78, 5) is 12.3. The first-order valence-corrected chi connectivity index (χ1v) is 5.36. The molecule has 0 bridgehead atoms. The number of methoxy groups -OCH3 is 1. The van der Waals surface area contributed by atoms with Crippen molar-refractivity contribution in [2.24, 2.45) is 0 Å². The molecule has 0 saturated carbocycles. The quantitative estimate of drug-likeness (QED) is 0.760. The molecule has 92 valence electrons. The van der Waals surface area contributed by atoms with Gasteiger partial charge < -0.3 is 19.8 Å². The Morgan fingerprint density at radius 1 is 1.41 bits per heavy atom. The number of anilines is 1. The molecule has 0 aliphatic rings. The van der Waals surface area contributed by atoms with Crippen LogP contribution in [-0.4, -0.2) is 39.8 Å². The van der Waals surface area contributed by atoms with Gasteiger partial charge in [0.1, 0.15) is 0 Å². The van der Waals surface area contributed by atoms with Gasteiger partial charge in [-0.15, -0.1) is 0 Å². The summed E-state index contributed by atoms with van der Waals surface area (Å²) in [7, 11) is 1.53. The monoisotopic (exact) mass is 237 g/mol. The van der Waals surface area contributed by atoms with Gasteiger partial charge in [-0.25, -0.2) is 4.98 Å². The molecule has 2 rings (SSSR count). The van der Waals surface area contributed by atoms with Crippen molar-refractivity contribution < 1.29 is 9.47 Å². The van der Waals surface area contributed by atoms with Crippen LogP contribution in [0.1, 0.15) is 6.92 Å². The van der Waals surface area contributed by atoms with Crippen molar-refractivity contribution in [3.8, 4) is 5.88 Å². The lowest BCUT2D eigenvalue weighted by atomic mass is 10.5. The molecular weight excluding hydrogens is 222 g/mol. The Kier molecular flexibility index (Phi) is 3.38. The van der Waals surface area contributed by atoms with Gasteiger partial charge in [0.05, 0.1) is 20.0 Å². The fourth-order valence-electron chi connectivity index (χ4n) is 1.55. The lowest BCUT2D eigenvalue weighted by molar-refractivity contribution is 0.139. The Morgan fingerprint density at radius 3 is 2.94 bits per heavy atom. The second-order valence-electron chi connectivity index (χ2n) is 3.40. The van der Waals surface area contributed by atoms with Crippen molar-refractivity contribution in [2.45, 2.75) is 13.5 Å². The van der Waals surface area contributed by atoms with Crippen LogP contribution in [0.5, 0.6) is 5.88 Å². The van der Waals surface area contributed by atoms with Crippen molar-refractivity contribution >= 4 is 17.1 Å². The van der Waals surface area contributed by atoms with E-state index < -0.39 is 0 Å². The standard InChI is InChI=1S/C10H15N5O2/c1-3-17-5-4-15-6-12-7-8(15)13-10(11)14-9(7)16-2/h6H,3-5H2,1-2H3,(H2,11,13,14). The molecule has 0 atom stereocenters. The molecule has 0 fully saturated rings. The summed E-state index contributed by atoms with van der Waals surface area (Å²) < 4.78 is 12.3. The number of nitrogens with zero attached hydrogens (tertiary/aromatic N) is 4. The first kappa shape index (κ1) is 11.6. The highest BCUT2D eigenvalue weighted by Crippen LogP contribution is 2.21. The molecule has 0 amide bonds. The molecule has 0 aliphatic heterocycles. The summed E-state index contributed by atoms with van der Waals surface area (Å²) in [5.74, 6) is 0.565. The van der Waals surface area contributed by atoms with Crippen LogP contribution in [0, 0.1) is 0 Å². The van der Waals surface area contributed by atoms with Crippen LogP contribution in [-0.2, 0) is 11.3 Å². The van der Waals surface area contributed by atoms with Gasteiger partial charge in [-0.05, 0) is 6.92 Å². The molecule has 2 N–H and O–H groups in total. The van der Waals surface area contributed by atoms with E-state index in [2.05, 4.69) is 15.0 Å². The summed E-state index contributed by atoms with van der Waals surface area (Å²) >= 11 is 0. The van der Waals surface area contributed by atoms with Crippen molar-refractivity contribution in [1.82, 2.24) is 19.5 Å². The average molecular weight is 237 g/mol. The molecule has 17 heavy (non-hydrogen) atoms. The van der Waals surface area contributed by atoms with E-state index in [1.807, 2.05) is 11.5 Å². The van der Waals surface area contributed by atoms with Crippen LogP contribution in [0.2, 0.25) is 0 Å². The van der Waals surface area contributed by atoms with Crippen LogP contribution in [0.4, 0.5) is 5.95 Å². The zero-order valence-electron chi connectivity index (χ0n) is 9.88. The van der Waals surface area contributed by atoms with Crippen LogP contribution < -0.4 is 10.5 Å². The maximum atomic E-state index is 5.61. The number of nitrogen functional groups attached to an aromatic ring is 1. The molecule has 0 saturated heterocycles.